The Hall–Kier alpha value is -0.340. The van der Waals surface area contributed by atoms with E-state index in [9.17, 15) is 0 Å². The minimum Gasteiger partial charge on any atom is -0.298 e. The van der Waals surface area contributed by atoms with E-state index in [-0.39, 0.29) is 0 Å². The van der Waals surface area contributed by atoms with Gasteiger partial charge in [0.1, 0.15) is 0 Å². The van der Waals surface area contributed by atoms with Crippen molar-refractivity contribution in [3.05, 3.63) is 33.8 Å². The number of hydrogen-bond donors (Lipinski definition) is 0. The molecule has 2 heteroatoms. The summed E-state index contributed by atoms with van der Waals surface area (Å²) < 4.78 is 1.23. The summed E-state index contributed by atoms with van der Waals surface area (Å²) in [5, 5.41) is 0. The molecule has 0 bridgehead atoms. The highest BCUT2D eigenvalue weighted by Crippen LogP contribution is 2.29. The summed E-state index contributed by atoms with van der Waals surface area (Å²) in [6, 6.07) is 8.45. The molecule has 1 unspecified atom stereocenters. The number of likely N-dealkylation sites (tertiary alicyclic amines) is 1. The lowest BCUT2D eigenvalue weighted by atomic mass is 10.0. The molecule has 1 saturated heterocycles. The normalized spacial score (nSPS) is 29.0. The Morgan fingerprint density at radius 2 is 1.89 bits per heavy atom. The molecular weight excluding hydrogens is 286 g/mol. The Bertz CT molecular complexity index is 429. The van der Waals surface area contributed by atoms with Crippen molar-refractivity contribution in [3.63, 3.8) is 0 Å². The van der Waals surface area contributed by atoms with E-state index in [1.807, 2.05) is 0 Å². The van der Waals surface area contributed by atoms with E-state index in [1.165, 1.54) is 49.5 Å². The van der Waals surface area contributed by atoms with Crippen LogP contribution in [-0.4, -0.2) is 23.5 Å². The second kappa shape index (κ2) is 5.34. The molecule has 0 amide bonds. The van der Waals surface area contributed by atoms with Crippen LogP contribution in [0.15, 0.2) is 22.7 Å². The predicted molar refractivity (Wildman–Crippen MR) is 80.0 cm³/mol. The summed E-state index contributed by atoms with van der Waals surface area (Å²) in [5.41, 5.74) is 3.14. The van der Waals surface area contributed by atoms with Gasteiger partial charge in [-0.3, -0.25) is 4.90 Å². The highest BCUT2D eigenvalue weighted by molar-refractivity contribution is 9.10. The topological polar surface area (TPSA) is 3.24 Å². The molecule has 18 heavy (non-hydrogen) atoms. The van der Waals surface area contributed by atoms with Gasteiger partial charge in [-0.15, -0.1) is 0 Å². The van der Waals surface area contributed by atoms with Gasteiger partial charge in [0.05, 0.1) is 0 Å². The van der Waals surface area contributed by atoms with Crippen LogP contribution >= 0.6 is 15.9 Å². The van der Waals surface area contributed by atoms with Gasteiger partial charge in [0.15, 0.2) is 0 Å². The Morgan fingerprint density at radius 1 is 1.11 bits per heavy atom. The third kappa shape index (κ3) is 2.50. The molecule has 1 nitrogen and oxygen atoms in total. The Balaban J connectivity index is 1.74. The van der Waals surface area contributed by atoms with E-state index < -0.39 is 0 Å². The monoisotopic (exact) mass is 307 g/mol. The lowest BCUT2D eigenvalue weighted by Gasteiger charge is -2.30. The molecule has 1 aromatic carbocycles. The number of hydrogen-bond acceptors (Lipinski definition) is 1. The summed E-state index contributed by atoms with van der Waals surface area (Å²) in [6.45, 7) is 3.73. The van der Waals surface area contributed by atoms with Crippen molar-refractivity contribution < 1.29 is 0 Å². The van der Waals surface area contributed by atoms with Crippen molar-refractivity contribution in [2.24, 2.45) is 0 Å². The highest BCUT2D eigenvalue weighted by Gasteiger charge is 2.28. The predicted octanol–water partition coefficient (Wildman–Crippen LogP) is 4.18. The second-order valence-electron chi connectivity index (χ2n) is 5.87. The minimum absolute atomic E-state index is 0.808. The quantitative estimate of drug-likeness (QED) is 0.704. The molecule has 0 aromatic heterocycles. The maximum absolute atomic E-state index is 3.60. The number of fused-ring (bicyclic) bond motifs is 1. The van der Waals surface area contributed by atoms with Crippen molar-refractivity contribution >= 4 is 15.9 Å². The molecule has 1 fully saturated rings. The molecule has 0 radical (unpaired) electrons. The van der Waals surface area contributed by atoms with Crippen LogP contribution in [0.5, 0.6) is 0 Å². The molecule has 1 heterocycles. The van der Waals surface area contributed by atoms with E-state index in [2.05, 4.69) is 46.0 Å². The van der Waals surface area contributed by atoms with Crippen LogP contribution in [0, 0.1) is 0 Å². The number of benzene rings is 1. The van der Waals surface area contributed by atoms with Crippen LogP contribution in [0.2, 0.25) is 0 Å². The largest absolute Gasteiger partial charge is 0.298 e. The first kappa shape index (κ1) is 12.7. The van der Waals surface area contributed by atoms with E-state index in [0.717, 1.165) is 12.1 Å². The lowest BCUT2D eigenvalue weighted by molar-refractivity contribution is 0.174. The molecule has 98 valence electrons. The zero-order chi connectivity index (χ0) is 12.5. The van der Waals surface area contributed by atoms with Gasteiger partial charge in [0.2, 0.25) is 0 Å². The van der Waals surface area contributed by atoms with Crippen molar-refractivity contribution in [2.45, 2.75) is 57.5 Å². The summed E-state index contributed by atoms with van der Waals surface area (Å²) in [6.07, 6.45) is 8.00. The second-order valence-corrected chi connectivity index (χ2v) is 6.79. The number of halogens is 1. The number of rotatable bonds is 1. The minimum atomic E-state index is 0.808. The van der Waals surface area contributed by atoms with Gasteiger partial charge < -0.3 is 0 Å². The van der Waals surface area contributed by atoms with Gasteiger partial charge in [-0.05, 0) is 75.3 Å². The van der Waals surface area contributed by atoms with Crippen LogP contribution in [0.25, 0.3) is 0 Å². The maximum atomic E-state index is 3.60. The first-order valence-corrected chi connectivity index (χ1v) is 8.06. The SMILES string of the molecule is C[C@H]1CCCN1C1CCc2ccc(Br)cc2CC1. The smallest absolute Gasteiger partial charge is 0.0178 e. The fourth-order valence-electron chi connectivity index (χ4n) is 3.69. The first-order valence-electron chi connectivity index (χ1n) is 7.27. The van der Waals surface area contributed by atoms with Crippen LogP contribution in [0.3, 0.4) is 0 Å². The molecule has 2 aliphatic rings. The Labute approximate surface area is 119 Å². The van der Waals surface area contributed by atoms with Crippen LogP contribution < -0.4 is 0 Å². The van der Waals surface area contributed by atoms with Crippen molar-refractivity contribution in [1.29, 1.82) is 0 Å². The van der Waals surface area contributed by atoms with Crippen molar-refractivity contribution in [3.8, 4) is 0 Å². The molecule has 3 rings (SSSR count). The van der Waals surface area contributed by atoms with Gasteiger partial charge in [-0.25, -0.2) is 0 Å². The molecule has 1 aliphatic heterocycles. The van der Waals surface area contributed by atoms with Gasteiger partial charge in [0.25, 0.3) is 0 Å². The Morgan fingerprint density at radius 3 is 2.61 bits per heavy atom. The summed E-state index contributed by atoms with van der Waals surface area (Å²) in [7, 11) is 0. The van der Waals surface area contributed by atoms with E-state index in [4.69, 9.17) is 0 Å². The fourth-order valence-corrected chi connectivity index (χ4v) is 4.10. The Kier molecular flexibility index (Phi) is 3.76. The molecular formula is C16H22BrN. The standard InChI is InChI=1S/C16H22BrN/c1-12-3-2-10-18(12)16-8-5-13-4-7-15(17)11-14(13)6-9-16/h4,7,11-12,16H,2-3,5-6,8-10H2,1H3/t12-,16?/m0/s1. The summed E-state index contributed by atoms with van der Waals surface area (Å²) in [4.78, 5) is 2.76. The van der Waals surface area contributed by atoms with Crippen molar-refractivity contribution in [1.82, 2.24) is 4.90 Å². The number of aryl methyl sites for hydroxylation is 2. The average molecular weight is 308 g/mol. The van der Waals surface area contributed by atoms with Gasteiger partial charge in [-0.2, -0.15) is 0 Å². The molecule has 0 saturated carbocycles. The first-order chi connectivity index (χ1) is 8.74. The van der Waals surface area contributed by atoms with Gasteiger partial charge >= 0.3 is 0 Å². The maximum Gasteiger partial charge on any atom is 0.0178 e. The molecule has 1 aliphatic carbocycles. The zero-order valence-corrected chi connectivity index (χ0v) is 12.7. The van der Waals surface area contributed by atoms with Gasteiger partial charge in [-0.1, -0.05) is 22.0 Å². The zero-order valence-electron chi connectivity index (χ0n) is 11.2. The molecule has 0 N–H and O–H groups in total. The summed E-state index contributed by atoms with van der Waals surface area (Å²) in [5.74, 6) is 0. The lowest BCUT2D eigenvalue weighted by Crippen LogP contribution is -2.37. The van der Waals surface area contributed by atoms with Gasteiger partial charge in [0, 0.05) is 16.6 Å². The third-order valence-corrected chi connectivity index (χ3v) is 5.23. The van der Waals surface area contributed by atoms with E-state index >= 15 is 0 Å². The van der Waals surface area contributed by atoms with Crippen LogP contribution in [0.1, 0.15) is 43.7 Å². The van der Waals surface area contributed by atoms with E-state index in [1.54, 1.807) is 11.1 Å². The molecule has 0 spiro atoms. The van der Waals surface area contributed by atoms with Crippen LogP contribution in [0.4, 0.5) is 0 Å². The highest BCUT2D eigenvalue weighted by atomic mass is 79.9. The van der Waals surface area contributed by atoms with Crippen molar-refractivity contribution in [2.75, 3.05) is 6.54 Å². The average Bonchev–Trinajstić information content (AvgIpc) is 2.67. The third-order valence-electron chi connectivity index (χ3n) is 4.74. The molecule has 1 aromatic rings. The fraction of sp³-hybridized carbons (Fsp3) is 0.625. The van der Waals surface area contributed by atoms with E-state index in [0.29, 0.717) is 0 Å². The number of nitrogens with zero attached hydrogens (tertiary/aromatic N) is 1. The summed E-state index contributed by atoms with van der Waals surface area (Å²) >= 11 is 3.60. The van der Waals surface area contributed by atoms with Crippen LogP contribution in [-0.2, 0) is 12.8 Å². The molecule has 2 atom stereocenters.